The number of carbonyl (C=O) groups excluding carboxylic acids is 1. The number of ether oxygens (including phenoxy) is 2. The number of carbonyl (C=O) groups is 1. The van der Waals surface area contributed by atoms with Gasteiger partial charge in [-0.25, -0.2) is 4.98 Å². The van der Waals surface area contributed by atoms with Crippen LogP contribution in [0.3, 0.4) is 0 Å². The Labute approximate surface area is 167 Å². The van der Waals surface area contributed by atoms with Crippen LogP contribution < -0.4 is 9.47 Å². The van der Waals surface area contributed by atoms with Crippen molar-refractivity contribution in [1.29, 1.82) is 0 Å². The lowest BCUT2D eigenvalue weighted by atomic mass is 10.0. The number of fused-ring (bicyclic) bond motifs is 1. The standard InChI is InChI=1S/C23H20N2O4/c1-28-21-9-7-15(12-22(21)29-2)14-4-3-5-17(10-14)23-24-18-8-6-16(20(27)13-26)11-19(18)25-23/h3-12,26H,13H2,1-2H3,(H,24,25). The third-order valence-corrected chi connectivity index (χ3v) is 4.80. The van der Waals surface area contributed by atoms with Crippen LogP contribution in [0.15, 0.2) is 60.7 Å². The molecule has 146 valence electrons. The number of aromatic nitrogens is 2. The second kappa shape index (κ2) is 7.77. The summed E-state index contributed by atoms with van der Waals surface area (Å²) >= 11 is 0. The summed E-state index contributed by atoms with van der Waals surface area (Å²) in [5.41, 5.74) is 4.89. The minimum absolute atomic E-state index is 0.321. The van der Waals surface area contributed by atoms with Crippen LogP contribution in [-0.2, 0) is 0 Å². The largest absolute Gasteiger partial charge is 0.493 e. The van der Waals surface area contributed by atoms with Crippen molar-refractivity contribution >= 4 is 16.8 Å². The number of imidazole rings is 1. The van der Waals surface area contributed by atoms with Gasteiger partial charge in [0, 0.05) is 11.1 Å². The summed E-state index contributed by atoms with van der Waals surface area (Å²) in [6.45, 7) is -0.514. The molecule has 4 rings (SSSR count). The number of nitrogens with zero attached hydrogens (tertiary/aromatic N) is 1. The van der Waals surface area contributed by atoms with Crippen LogP contribution in [0.2, 0.25) is 0 Å². The minimum Gasteiger partial charge on any atom is -0.493 e. The number of H-pyrrole nitrogens is 1. The van der Waals surface area contributed by atoms with Crippen molar-refractivity contribution in [2.75, 3.05) is 20.8 Å². The third kappa shape index (κ3) is 3.58. The molecule has 6 nitrogen and oxygen atoms in total. The Morgan fingerprint density at radius 2 is 1.69 bits per heavy atom. The highest BCUT2D eigenvalue weighted by Crippen LogP contribution is 2.33. The second-order valence-electron chi connectivity index (χ2n) is 6.55. The molecular formula is C23H20N2O4. The molecular weight excluding hydrogens is 368 g/mol. The first-order chi connectivity index (χ1) is 14.1. The molecule has 0 aliphatic heterocycles. The molecule has 0 unspecified atom stereocenters. The van der Waals surface area contributed by atoms with Crippen molar-refractivity contribution in [3.63, 3.8) is 0 Å². The number of hydrogen-bond acceptors (Lipinski definition) is 5. The lowest BCUT2D eigenvalue weighted by molar-refractivity contribution is 0.0904. The second-order valence-corrected chi connectivity index (χ2v) is 6.55. The molecule has 0 fully saturated rings. The topological polar surface area (TPSA) is 84.4 Å². The number of rotatable bonds is 6. The van der Waals surface area contributed by atoms with Gasteiger partial charge in [0.25, 0.3) is 0 Å². The predicted molar refractivity (Wildman–Crippen MR) is 111 cm³/mol. The zero-order chi connectivity index (χ0) is 20.4. The summed E-state index contributed by atoms with van der Waals surface area (Å²) in [6, 6.07) is 18.9. The molecule has 0 aliphatic rings. The van der Waals surface area contributed by atoms with E-state index in [1.54, 1.807) is 32.4 Å². The summed E-state index contributed by atoms with van der Waals surface area (Å²) in [6.07, 6.45) is 0. The van der Waals surface area contributed by atoms with Crippen molar-refractivity contribution in [2.45, 2.75) is 0 Å². The van der Waals surface area contributed by atoms with E-state index in [9.17, 15) is 4.79 Å². The number of benzene rings is 3. The Morgan fingerprint density at radius 3 is 2.45 bits per heavy atom. The van der Waals surface area contributed by atoms with Gasteiger partial charge >= 0.3 is 0 Å². The van der Waals surface area contributed by atoms with Crippen LogP contribution in [0.5, 0.6) is 11.5 Å². The molecule has 0 spiro atoms. The van der Waals surface area contributed by atoms with Gasteiger partial charge in [0.05, 0.1) is 25.3 Å². The van der Waals surface area contributed by atoms with Crippen LogP contribution >= 0.6 is 0 Å². The molecule has 0 amide bonds. The van der Waals surface area contributed by atoms with E-state index in [4.69, 9.17) is 14.6 Å². The van der Waals surface area contributed by atoms with Crippen molar-refractivity contribution in [3.05, 3.63) is 66.2 Å². The van der Waals surface area contributed by atoms with Crippen molar-refractivity contribution in [2.24, 2.45) is 0 Å². The van der Waals surface area contributed by atoms with Crippen LogP contribution in [0.1, 0.15) is 10.4 Å². The molecule has 1 aromatic heterocycles. The first-order valence-electron chi connectivity index (χ1n) is 9.09. The molecule has 0 aliphatic carbocycles. The normalized spacial score (nSPS) is 10.9. The van der Waals surface area contributed by atoms with E-state index >= 15 is 0 Å². The fourth-order valence-electron chi connectivity index (χ4n) is 3.27. The van der Waals surface area contributed by atoms with Gasteiger partial charge in [0.15, 0.2) is 17.3 Å². The molecule has 1 heterocycles. The lowest BCUT2D eigenvalue weighted by Gasteiger charge is -2.10. The summed E-state index contributed by atoms with van der Waals surface area (Å²) in [7, 11) is 3.22. The maximum Gasteiger partial charge on any atom is 0.188 e. The molecule has 6 heteroatoms. The highest BCUT2D eigenvalue weighted by Gasteiger charge is 2.11. The van der Waals surface area contributed by atoms with Crippen molar-refractivity contribution in [3.8, 4) is 34.0 Å². The van der Waals surface area contributed by atoms with E-state index in [0.717, 1.165) is 27.7 Å². The van der Waals surface area contributed by atoms with Crippen LogP contribution in [-0.4, -0.2) is 41.7 Å². The molecule has 2 N–H and O–H groups in total. The highest BCUT2D eigenvalue weighted by molar-refractivity contribution is 5.99. The number of methoxy groups -OCH3 is 2. The van der Waals surface area contributed by atoms with Crippen molar-refractivity contribution < 1.29 is 19.4 Å². The van der Waals surface area contributed by atoms with E-state index in [0.29, 0.717) is 22.9 Å². The number of aliphatic hydroxyl groups is 1. The molecule has 4 aromatic rings. The van der Waals surface area contributed by atoms with E-state index in [2.05, 4.69) is 9.97 Å². The number of aromatic amines is 1. The van der Waals surface area contributed by atoms with E-state index in [1.165, 1.54) is 0 Å². The maximum atomic E-state index is 11.7. The van der Waals surface area contributed by atoms with Gasteiger partial charge in [-0.1, -0.05) is 24.3 Å². The van der Waals surface area contributed by atoms with Crippen LogP contribution in [0, 0.1) is 0 Å². The quantitative estimate of drug-likeness (QED) is 0.486. The Morgan fingerprint density at radius 1 is 0.931 bits per heavy atom. The average molecular weight is 388 g/mol. The van der Waals surface area contributed by atoms with E-state index < -0.39 is 6.61 Å². The summed E-state index contributed by atoms with van der Waals surface area (Å²) in [5, 5.41) is 9.06. The smallest absolute Gasteiger partial charge is 0.188 e. The van der Waals surface area contributed by atoms with Gasteiger partial charge in [-0.15, -0.1) is 0 Å². The Hall–Kier alpha value is -3.64. The van der Waals surface area contributed by atoms with E-state index in [1.807, 2.05) is 42.5 Å². The average Bonchev–Trinajstić information content (AvgIpc) is 3.21. The van der Waals surface area contributed by atoms with E-state index in [-0.39, 0.29) is 5.78 Å². The molecule has 0 saturated heterocycles. The van der Waals surface area contributed by atoms with Crippen LogP contribution in [0.4, 0.5) is 0 Å². The number of hydrogen-bond donors (Lipinski definition) is 2. The fourth-order valence-corrected chi connectivity index (χ4v) is 3.27. The molecule has 29 heavy (non-hydrogen) atoms. The third-order valence-electron chi connectivity index (χ3n) is 4.80. The van der Waals surface area contributed by atoms with Gasteiger partial charge in [0.2, 0.25) is 0 Å². The Bertz CT molecular complexity index is 1200. The highest BCUT2D eigenvalue weighted by atomic mass is 16.5. The predicted octanol–water partition coefficient (Wildman–Crippen LogP) is 4.09. The summed E-state index contributed by atoms with van der Waals surface area (Å²) in [5.74, 6) is 1.73. The molecule has 0 saturated carbocycles. The number of nitrogens with one attached hydrogen (secondary N) is 1. The lowest BCUT2D eigenvalue weighted by Crippen LogP contribution is -2.03. The SMILES string of the molecule is COc1ccc(-c2cccc(-c3nc4ccc(C(=O)CO)cc4[nH]3)c2)cc1OC. The number of Topliss-reactive ketones (excluding diaryl/α,β-unsaturated/α-hetero) is 1. The summed E-state index contributed by atoms with van der Waals surface area (Å²) in [4.78, 5) is 19.6. The molecule has 0 atom stereocenters. The Kier molecular flexibility index (Phi) is 5.01. The number of ketones is 1. The first kappa shape index (κ1) is 18.7. The fraction of sp³-hybridized carbons (Fsp3) is 0.130. The van der Waals surface area contributed by atoms with Crippen molar-refractivity contribution in [1.82, 2.24) is 9.97 Å². The van der Waals surface area contributed by atoms with Gasteiger partial charge in [-0.2, -0.15) is 0 Å². The minimum atomic E-state index is -0.514. The summed E-state index contributed by atoms with van der Waals surface area (Å²) < 4.78 is 10.7. The first-order valence-corrected chi connectivity index (χ1v) is 9.09. The maximum absolute atomic E-state index is 11.7. The van der Waals surface area contributed by atoms with Gasteiger partial charge < -0.3 is 19.6 Å². The number of aliphatic hydroxyl groups excluding tert-OH is 1. The molecule has 3 aromatic carbocycles. The molecule has 0 radical (unpaired) electrons. The van der Waals surface area contributed by atoms with Gasteiger partial charge in [-0.3, -0.25) is 4.79 Å². The monoisotopic (exact) mass is 388 g/mol. The van der Waals surface area contributed by atoms with Gasteiger partial charge in [-0.05, 0) is 47.5 Å². The zero-order valence-corrected chi connectivity index (χ0v) is 16.1. The molecule has 0 bridgehead atoms. The zero-order valence-electron chi connectivity index (χ0n) is 16.1. The van der Waals surface area contributed by atoms with Crippen LogP contribution in [0.25, 0.3) is 33.5 Å². The Balaban J connectivity index is 1.73. The van der Waals surface area contributed by atoms with Gasteiger partial charge in [0.1, 0.15) is 12.4 Å².